The van der Waals surface area contributed by atoms with Gasteiger partial charge in [0.05, 0.1) is 17.4 Å². The van der Waals surface area contributed by atoms with Gasteiger partial charge in [0.1, 0.15) is 29.6 Å². The maximum absolute atomic E-state index is 12.3. The largest absolute Gasteiger partial charge is 0.484 e. The minimum atomic E-state index is -0.217. The van der Waals surface area contributed by atoms with Crippen molar-refractivity contribution in [2.75, 3.05) is 6.54 Å². The van der Waals surface area contributed by atoms with E-state index >= 15 is 0 Å². The maximum atomic E-state index is 12.3. The van der Waals surface area contributed by atoms with E-state index in [9.17, 15) is 4.79 Å². The van der Waals surface area contributed by atoms with E-state index in [1.807, 2.05) is 6.92 Å². The van der Waals surface area contributed by atoms with Gasteiger partial charge in [0, 0.05) is 24.7 Å². The summed E-state index contributed by atoms with van der Waals surface area (Å²) in [7, 11) is 1.70. The number of aliphatic imine (C=N–C) groups is 1. The van der Waals surface area contributed by atoms with Crippen LogP contribution in [0.25, 0.3) is 0 Å². The lowest BCUT2D eigenvalue weighted by Gasteiger charge is -2.06. The summed E-state index contributed by atoms with van der Waals surface area (Å²) in [6.45, 7) is 2.76. The molecule has 3 rings (SSSR count). The van der Waals surface area contributed by atoms with Crippen molar-refractivity contribution in [1.29, 1.82) is 0 Å². The van der Waals surface area contributed by atoms with E-state index < -0.39 is 0 Å². The van der Waals surface area contributed by atoms with Gasteiger partial charge in [-0.25, -0.2) is 4.99 Å². The van der Waals surface area contributed by atoms with Gasteiger partial charge in [-0.1, -0.05) is 30.1 Å². The molecule has 9 heteroatoms. The highest BCUT2D eigenvalue weighted by Gasteiger charge is 2.16. The van der Waals surface area contributed by atoms with E-state index in [-0.39, 0.29) is 12.5 Å². The number of amides is 1. The van der Waals surface area contributed by atoms with Gasteiger partial charge in [0.2, 0.25) is 0 Å². The molecule has 29 heavy (non-hydrogen) atoms. The van der Waals surface area contributed by atoms with Crippen molar-refractivity contribution in [2.45, 2.75) is 20.0 Å². The summed E-state index contributed by atoms with van der Waals surface area (Å²) >= 11 is 12.0. The Morgan fingerprint density at radius 1 is 1.34 bits per heavy atom. The molecule has 0 radical (unpaired) electrons. The number of aromatic nitrogens is 2. The number of furan rings is 1. The van der Waals surface area contributed by atoms with E-state index in [2.05, 4.69) is 15.4 Å². The normalized spacial score (nSPS) is 11.2. The summed E-state index contributed by atoms with van der Waals surface area (Å²) < 4.78 is 12.8. The third-order valence-electron chi connectivity index (χ3n) is 3.95. The molecule has 3 aromatic rings. The first-order valence-electron chi connectivity index (χ1n) is 8.98. The van der Waals surface area contributed by atoms with Gasteiger partial charge < -0.3 is 14.5 Å². The summed E-state index contributed by atoms with van der Waals surface area (Å²) in [5, 5.41) is 7.94. The van der Waals surface area contributed by atoms with Crippen LogP contribution in [-0.2, 0) is 13.7 Å². The van der Waals surface area contributed by atoms with E-state index in [4.69, 9.17) is 32.4 Å². The highest BCUT2D eigenvalue weighted by molar-refractivity contribution is 6.34. The number of benzene rings is 1. The van der Waals surface area contributed by atoms with Gasteiger partial charge >= 0.3 is 0 Å². The molecule has 0 aliphatic rings. The Hall–Kier alpha value is -2.77. The van der Waals surface area contributed by atoms with Crippen LogP contribution in [0.3, 0.4) is 0 Å². The summed E-state index contributed by atoms with van der Waals surface area (Å²) in [5.41, 5.74) is 0.849. The minimum Gasteiger partial charge on any atom is -0.484 e. The highest BCUT2D eigenvalue weighted by Crippen LogP contribution is 2.28. The number of carbonyl (C=O) groups excluding carboxylic acids is 1. The summed E-state index contributed by atoms with van der Waals surface area (Å²) in [5.74, 6) is 1.37. The Bertz CT molecular complexity index is 1030. The average molecular weight is 435 g/mol. The van der Waals surface area contributed by atoms with Crippen LogP contribution in [0.1, 0.15) is 35.4 Å². The number of nitrogens with one attached hydrogen (secondary N) is 1. The summed E-state index contributed by atoms with van der Waals surface area (Å²) in [4.78, 5) is 16.6. The van der Waals surface area contributed by atoms with Crippen LogP contribution >= 0.6 is 23.2 Å². The van der Waals surface area contributed by atoms with Gasteiger partial charge in [0.15, 0.2) is 5.69 Å². The maximum Gasteiger partial charge on any atom is 0.271 e. The topological polar surface area (TPSA) is 81.7 Å². The van der Waals surface area contributed by atoms with E-state index in [0.29, 0.717) is 45.2 Å². The minimum absolute atomic E-state index is 0.186. The van der Waals surface area contributed by atoms with E-state index in [1.54, 1.807) is 37.4 Å². The fourth-order valence-corrected chi connectivity index (χ4v) is 2.85. The first kappa shape index (κ1) is 21.0. The van der Waals surface area contributed by atoms with Crippen LogP contribution < -0.4 is 10.1 Å². The van der Waals surface area contributed by atoms with Gasteiger partial charge in [-0.15, -0.1) is 0 Å². The molecular formula is C20H20Cl2N4O3. The molecule has 1 N–H and O–H groups in total. The number of hydrogen-bond donors (Lipinski definition) is 1. The van der Waals surface area contributed by atoms with Crippen molar-refractivity contribution in [1.82, 2.24) is 15.1 Å². The zero-order valence-electron chi connectivity index (χ0n) is 16.0. The molecule has 0 aliphatic carbocycles. The Balaban J connectivity index is 1.67. The quantitative estimate of drug-likeness (QED) is 0.516. The molecule has 1 aromatic carbocycles. The number of halogens is 2. The van der Waals surface area contributed by atoms with Crippen LogP contribution in [0, 0.1) is 0 Å². The van der Waals surface area contributed by atoms with Crippen molar-refractivity contribution < 1.29 is 13.9 Å². The Morgan fingerprint density at radius 2 is 2.17 bits per heavy atom. The second kappa shape index (κ2) is 9.62. The van der Waals surface area contributed by atoms with Crippen molar-refractivity contribution >= 4 is 41.0 Å². The number of rotatable bonds is 8. The fraction of sp³-hybridized carbons (Fsp3) is 0.250. The SMILES string of the molecule is CCCNC(=O)c1c(N=Cc2ccc(COc3cc(Cl)ccc3Cl)o2)cnn1C. The van der Waals surface area contributed by atoms with Crippen molar-refractivity contribution in [3.63, 3.8) is 0 Å². The predicted molar refractivity (Wildman–Crippen MR) is 113 cm³/mol. The Kier molecular flexibility index (Phi) is 6.95. The van der Waals surface area contributed by atoms with E-state index in [0.717, 1.165) is 6.42 Å². The van der Waals surface area contributed by atoms with Gasteiger partial charge in [-0.2, -0.15) is 5.10 Å². The van der Waals surface area contributed by atoms with Crippen LogP contribution in [0.4, 0.5) is 5.69 Å². The standard InChI is InChI=1S/C20H20Cl2N4O3/c1-3-8-23-20(27)19-17(11-25-26(19)2)24-10-14-5-6-15(29-14)12-28-18-9-13(21)4-7-16(18)22/h4-7,9-11H,3,8,12H2,1-2H3,(H,23,27). The molecule has 0 unspecified atom stereocenters. The number of aryl methyl sites for hydroxylation is 1. The van der Waals surface area contributed by atoms with Gasteiger partial charge in [-0.05, 0) is 30.7 Å². The lowest BCUT2D eigenvalue weighted by Crippen LogP contribution is -2.26. The van der Waals surface area contributed by atoms with Gasteiger partial charge in [0.25, 0.3) is 5.91 Å². The predicted octanol–water partition coefficient (Wildman–Crippen LogP) is 4.79. The molecule has 2 aromatic heterocycles. The van der Waals surface area contributed by atoms with Crippen LogP contribution in [0.2, 0.25) is 10.0 Å². The second-order valence-corrected chi connectivity index (χ2v) is 7.03. The molecule has 0 atom stereocenters. The van der Waals surface area contributed by atoms with Crippen molar-refractivity contribution in [3.8, 4) is 5.75 Å². The van der Waals surface area contributed by atoms with E-state index in [1.165, 1.54) is 17.1 Å². The number of ether oxygens (including phenoxy) is 1. The molecule has 152 valence electrons. The number of carbonyl (C=O) groups is 1. The molecule has 0 bridgehead atoms. The van der Waals surface area contributed by atoms with Crippen molar-refractivity contribution in [2.24, 2.45) is 12.0 Å². The average Bonchev–Trinajstić information content (AvgIpc) is 3.31. The molecule has 7 nitrogen and oxygen atoms in total. The number of nitrogens with zero attached hydrogens (tertiary/aromatic N) is 3. The lowest BCUT2D eigenvalue weighted by atomic mass is 10.3. The molecule has 0 saturated heterocycles. The molecule has 2 heterocycles. The monoisotopic (exact) mass is 434 g/mol. The summed E-state index contributed by atoms with van der Waals surface area (Å²) in [6, 6.07) is 8.53. The fourth-order valence-electron chi connectivity index (χ4n) is 2.52. The third kappa shape index (κ3) is 5.40. The second-order valence-electron chi connectivity index (χ2n) is 6.18. The summed E-state index contributed by atoms with van der Waals surface area (Å²) in [6.07, 6.45) is 3.91. The molecule has 0 aliphatic heterocycles. The first-order valence-corrected chi connectivity index (χ1v) is 9.74. The molecule has 0 saturated carbocycles. The van der Waals surface area contributed by atoms with Crippen LogP contribution in [0.5, 0.6) is 5.75 Å². The Morgan fingerprint density at radius 3 is 2.97 bits per heavy atom. The molecular weight excluding hydrogens is 415 g/mol. The Labute approximate surface area is 178 Å². The zero-order valence-corrected chi connectivity index (χ0v) is 17.5. The zero-order chi connectivity index (χ0) is 20.8. The van der Waals surface area contributed by atoms with Gasteiger partial charge in [-0.3, -0.25) is 9.48 Å². The third-order valence-corrected chi connectivity index (χ3v) is 4.49. The lowest BCUT2D eigenvalue weighted by molar-refractivity contribution is 0.0945. The molecule has 0 fully saturated rings. The molecule has 1 amide bonds. The smallest absolute Gasteiger partial charge is 0.271 e. The van der Waals surface area contributed by atoms with Crippen molar-refractivity contribution in [3.05, 3.63) is 63.8 Å². The van der Waals surface area contributed by atoms with Crippen LogP contribution in [-0.4, -0.2) is 28.4 Å². The molecule has 0 spiro atoms. The van der Waals surface area contributed by atoms with Crippen LogP contribution in [0.15, 0.2) is 45.9 Å². The number of hydrogen-bond acceptors (Lipinski definition) is 5. The first-order chi connectivity index (χ1) is 14.0. The highest BCUT2D eigenvalue weighted by atomic mass is 35.5.